The van der Waals surface area contributed by atoms with E-state index in [1.54, 1.807) is 27.6 Å². The zero-order chi connectivity index (χ0) is 19.5. The summed E-state index contributed by atoms with van der Waals surface area (Å²) in [4.78, 5) is 2.10. The fraction of sp³-hybridized carbons (Fsp3) is 0.500. The van der Waals surface area contributed by atoms with E-state index in [1.807, 2.05) is 30.3 Å². The number of rotatable bonds is 13. The summed E-state index contributed by atoms with van der Waals surface area (Å²) in [6.07, 6.45) is 0.969. The fourth-order valence-corrected chi connectivity index (χ4v) is 2.82. The largest absolute Gasteiger partial charge is 0.493 e. The molecule has 0 radical (unpaired) electrons. The average Bonchev–Trinajstić information content (AvgIpc) is 3.19. The van der Waals surface area contributed by atoms with Gasteiger partial charge in [0, 0.05) is 32.3 Å². The molecule has 1 aromatic carbocycles. The van der Waals surface area contributed by atoms with Crippen molar-refractivity contribution in [2.45, 2.75) is 19.3 Å². The molecule has 1 atom stereocenters. The highest BCUT2D eigenvalue weighted by Gasteiger charge is 2.17. The number of aliphatic hydroxyl groups is 1. The van der Waals surface area contributed by atoms with Gasteiger partial charge in [0.05, 0.1) is 39.8 Å². The van der Waals surface area contributed by atoms with Crippen molar-refractivity contribution in [3.63, 3.8) is 0 Å². The highest BCUT2D eigenvalue weighted by atomic mass is 16.5. The molecule has 0 spiro atoms. The normalized spacial score (nSPS) is 12.3. The van der Waals surface area contributed by atoms with Crippen LogP contribution < -0.4 is 9.47 Å². The maximum Gasteiger partial charge on any atom is 0.165 e. The average molecular weight is 379 g/mol. The van der Waals surface area contributed by atoms with Gasteiger partial charge in [-0.3, -0.25) is 4.90 Å². The molecule has 2 aromatic rings. The van der Waals surface area contributed by atoms with E-state index in [4.69, 9.17) is 23.4 Å². The molecular formula is C20H29NO6. The first-order valence-corrected chi connectivity index (χ1v) is 8.87. The molecule has 150 valence electrons. The predicted molar refractivity (Wildman–Crippen MR) is 101 cm³/mol. The van der Waals surface area contributed by atoms with Crippen molar-refractivity contribution in [1.82, 2.24) is 4.90 Å². The van der Waals surface area contributed by atoms with Crippen LogP contribution >= 0.6 is 0 Å². The minimum Gasteiger partial charge on any atom is -0.493 e. The monoisotopic (exact) mass is 379 g/mol. The van der Waals surface area contributed by atoms with Crippen LogP contribution in [-0.4, -0.2) is 63.7 Å². The molecule has 0 aliphatic rings. The van der Waals surface area contributed by atoms with Crippen LogP contribution in [0.15, 0.2) is 41.0 Å². The number of hydrogen-bond acceptors (Lipinski definition) is 7. The molecule has 1 N–H and O–H groups in total. The Morgan fingerprint density at radius 3 is 2.63 bits per heavy atom. The third-order valence-corrected chi connectivity index (χ3v) is 4.09. The van der Waals surface area contributed by atoms with Crippen LogP contribution in [0.3, 0.4) is 0 Å². The molecule has 7 heteroatoms. The first-order chi connectivity index (χ1) is 13.2. The third-order valence-electron chi connectivity index (χ3n) is 4.09. The van der Waals surface area contributed by atoms with Gasteiger partial charge in [-0.15, -0.1) is 0 Å². The molecule has 0 aliphatic carbocycles. The number of benzene rings is 1. The van der Waals surface area contributed by atoms with E-state index in [0.29, 0.717) is 44.3 Å². The molecule has 0 unspecified atom stereocenters. The maximum atomic E-state index is 10.4. The topological polar surface area (TPSA) is 73.5 Å². The second kappa shape index (κ2) is 11.6. The van der Waals surface area contributed by atoms with Crippen molar-refractivity contribution in [3.05, 3.63) is 47.9 Å². The fourth-order valence-electron chi connectivity index (χ4n) is 2.82. The predicted octanol–water partition coefficient (Wildman–Crippen LogP) is 2.32. The van der Waals surface area contributed by atoms with E-state index in [2.05, 4.69) is 4.90 Å². The SMILES string of the molecule is COCCN(Cc1cccc(OC)c1OC)C[C@@H](O)COCc1ccco1. The van der Waals surface area contributed by atoms with Crippen LogP contribution in [0.5, 0.6) is 11.5 Å². The molecule has 0 saturated carbocycles. The molecule has 2 rings (SSSR count). The molecule has 0 saturated heterocycles. The number of aliphatic hydroxyl groups excluding tert-OH is 1. The Hall–Kier alpha value is -2.06. The van der Waals surface area contributed by atoms with Gasteiger partial charge in [-0.1, -0.05) is 12.1 Å². The number of para-hydroxylation sites is 1. The van der Waals surface area contributed by atoms with Gasteiger partial charge >= 0.3 is 0 Å². The van der Waals surface area contributed by atoms with Crippen molar-refractivity contribution >= 4 is 0 Å². The van der Waals surface area contributed by atoms with Gasteiger partial charge in [-0.05, 0) is 18.2 Å². The Morgan fingerprint density at radius 2 is 1.96 bits per heavy atom. The maximum absolute atomic E-state index is 10.4. The van der Waals surface area contributed by atoms with Crippen molar-refractivity contribution in [3.8, 4) is 11.5 Å². The molecule has 0 aliphatic heterocycles. The second-order valence-corrected chi connectivity index (χ2v) is 6.13. The van der Waals surface area contributed by atoms with Crippen molar-refractivity contribution in [2.75, 3.05) is 47.6 Å². The molecule has 1 heterocycles. The van der Waals surface area contributed by atoms with Crippen LogP contribution in [-0.2, 0) is 22.6 Å². The summed E-state index contributed by atoms with van der Waals surface area (Å²) >= 11 is 0. The third kappa shape index (κ3) is 6.88. The Balaban J connectivity index is 1.93. The molecule has 0 fully saturated rings. The van der Waals surface area contributed by atoms with Gasteiger partial charge in [0.15, 0.2) is 11.5 Å². The number of ether oxygens (including phenoxy) is 4. The zero-order valence-corrected chi connectivity index (χ0v) is 16.2. The Labute approximate surface area is 160 Å². The Bertz CT molecular complexity index is 646. The summed E-state index contributed by atoms with van der Waals surface area (Å²) in [5.74, 6) is 2.12. The Morgan fingerprint density at radius 1 is 1.11 bits per heavy atom. The van der Waals surface area contributed by atoms with E-state index >= 15 is 0 Å². The molecule has 0 bridgehead atoms. The van der Waals surface area contributed by atoms with Crippen LogP contribution in [0.2, 0.25) is 0 Å². The summed E-state index contributed by atoms with van der Waals surface area (Å²) < 4.78 is 26.8. The van der Waals surface area contributed by atoms with Gasteiger partial charge < -0.3 is 28.5 Å². The van der Waals surface area contributed by atoms with E-state index in [0.717, 1.165) is 11.3 Å². The van der Waals surface area contributed by atoms with Crippen LogP contribution in [0, 0.1) is 0 Å². The lowest BCUT2D eigenvalue weighted by Crippen LogP contribution is -2.36. The quantitative estimate of drug-likeness (QED) is 0.572. The highest BCUT2D eigenvalue weighted by Crippen LogP contribution is 2.31. The minimum atomic E-state index is -0.631. The highest BCUT2D eigenvalue weighted by molar-refractivity contribution is 5.46. The zero-order valence-electron chi connectivity index (χ0n) is 16.2. The van der Waals surface area contributed by atoms with Gasteiger partial charge in [0.1, 0.15) is 12.4 Å². The first-order valence-electron chi connectivity index (χ1n) is 8.87. The Kier molecular flexibility index (Phi) is 9.13. The summed E-state index contributed by atoms with van der Waals surface area (Å²) in [6.45, 7) is 2.84. The first kappa shape index (κ1) is 21.2. The summed E-state index contributed by atoms with van der Waals surface area (Å²) in [5.41, 5.74) is 0.983. The van der Waals surface area contributed by atoms with Crippen LogP contribution in [0.1, 0.15) is 11.3 Å². The van der Waals surface area contributed by atoms with Gasteiger partial charge in [-0.25, -0.2) is 0 Å². The summed E-state index contributed by atoms with van der Waals surface area (Å²) in [7, 11) is 4.90. The lowest BCUT2D eigenvalue weighted by atomic mass is 10.1. The molecule has 27 heavy (non-hydrogen) atoms. The van der Waals surface area contributed by atoms with Gasteiger partial charge in [0.25, 0.3) is 0 Å². The van der Waals surface area contributed by atoms with Gasteiger partial charge in [-0.2, -0.15) is 0 Å². The minimum absolute atomic E-state index is 0.222. The molecule has 0 amide bonds. The smallest absolute Gasteiger partial charge is 0.165 e. The van der Waals surface area contributed by atoms with Gasteiger partial charge in [0.2, 0.25) is 0 Å². The van der Waals surface area contributed by atoms with E-state index in [-0.39, 0.29) is 6.61 Å². The van der Waals surface area contributed by atoms with E-state index < -0.39 is 6.10 Å². The number of methoxy groups -OCH3 is 3. The number of hydrogen-bond donors (Lipinski definition) is 1. The summed E-state index contributed by atoms with van der Waals surface area (Å²) in [5, 5.41) is 10.4. The van der Waals surface area contributed by atoms with Crippen molar-refractivity contribution < 1.29 is 28.5 Å². The second-order valence-electron chi connectivity index (χ2n) is 6.13. The number of furan rings is 1. The van der Waals surface area contributed by atoms with E-state index in [1.165, 1.54) is 0 Å². The summed E-state index contributed by atoms with van der Waals surface area (Å²) in [6, 6.07) is 9.42. The number of nitrogens with zero attached hydrogens (tertiary/aromatic N) is 1. The lowest BCUT2D eigenvalue weighted by molar-refractivity contribution is 0.000376. The lowest BCUT2D eigenvalue weighted by Gasteiger charge is -2.26. The van der Waals surface area contributed by atoms with Crippen LogP contribution in [0.25, 0.3) is 0 Å². The molecular weight excluding hydrogens is 350 g/mol. The van der Waals surface area contributed by atoms with Crippen molar-refractivity contribution in [2.24, 2.45) is 0 Å². The van der Waals surface area contributed by atoms with Crippen molar-refractivity contribution in [1.29, 1.82) is 0 Å². The van der Waals surface area contributed by atoms with E-state index in [9.17, 15) is 5.11 Å². The standard InChI is InChI=1S/C20H29NO6/c1-23-11-9-21(12-16-6-4-8-19(24-2)20(16)25-3)13-17(22)14-26-15-18-7-5-10-27-18/h4-8,10,17,22H,9,11-15H2,1-3H3/t17-/m1/s1. The molecule has 1 aromatic heterocycles. The molecule has 7 nitrogen and oxygen atoms in total. The van der Waals surface area contributed by atoms with Crippen LogP contribution in [0.4, 0.5) is 0 Å².